The lowest BCUT2D eigenvalue weighted by atomic mass is 10.1. The topological polar surface area (TPSA) is 131 Å². The highest BCUT2D eigenvalue weighted by Gasteiger charge is 2.39. The van der Waals surface area contributed by atoms with E-state index in [1.807, 2.05) is 10.7 Å². The second-order valence-corrected chi connectivity index (χ2v) is 18.8. The van der Waals surface area contributed by atoms with Gasteiger partial charge >= 0.3 is 0 Å². The first-order chi connectivity index (χ1) is 19.2. The smallest absolute Gasteiger partial charge is 0.265 e. The van der Waals surface area contributed by atoms with Gasteiger partial charge in [-0.25, -0.2) is 4.68 Å². The zero-order valence-corrected chi connectivity index (χ0v) is 27.0. The maximum Gasteiger partial charge on any atom is 0.265 e. The van der Waals surface area contributed by atoms with E-state index in [9.17, 15) is 8.42 Å². The highest BCUT2D eigenvalue weighted by Crippen LogP contribution is 2.39. The lowest BCUT2D eigenvalue weighted by Crippen LogP contribution is -2.43. The lowest BCUT2D eigenvalue weighted by molar-refractivity contribution is -0.0365. The predicted molar refractivity (Wildman–Crippen MR) is 161 cm³/mol. The van der Waals surface area contributed by atoms with Gasteiger partial charge in [-0.1, -0.05) is 27.7 Å². The van der Waals surface area contributed by atoms with Gasteiger partial charge in [-0.3, -0.25) is 4.55 Å². The van der Waals surface area contributed by atoms with Crippen molar-refractivity contribution in [1.29, 1.82) is 0 Å². The van der Waals surface area contributed by atoms with Crippen molar-refractivity contribution in [3.63, 3.8) is 0 Å². The molecule has 41 heavy (non-hydrogen) atoms. The van der Waals surface area contributed by atoms with Crippen LogP contribution < -0.4 is 4.43 Å². The molecular formula is C28H45N5O6SSi. The highest BCUT2D eigenvalue weighted by molar-refractivity contribution is 7.85. The normalized spacial score (nSPS) is 17.7. The molecule has 1 saturated heterocycles. The van der Waals surface area contributed by atoms with E-state index in [1.165, 1.54) is 0 Å². The molecule has 2 atom stereocenters. The van der Waals surface area contributed by atoms with Gasteiger partial charge in [-0.15, -0.1) is 0 Å². The molecule has 1 unspecified atom stereocenters. The Balaban J connectivity index is 1.47. The van der Waals surface area contributed by atoms with Crippen molar-refractivity contribution < 1.29 is 26.9 Å². The van der Waals surface area contributed by atoms with Gasteiger partial charge in [0.15, 0.2) is 6.23 Å². The molecule has 13 heteroatoms. The summed E-state index contributed by atoms with van der Waals surface area (Å²) in [5, 5.41) is 15.2. The summed E-state index contributed by atoms with van der Waals surface area (Å²) in [5.74, 6) is 0.420. The third-order valence-electron chi connectivity index (χ3n) is 7.96. The summed E-state index contributed by atoms with van der Waals surface area (Å²) in [6.45, 7) is 15.2. The van der Waals surface area contributed by atoms with Crippen LogP contribution in [0.1, 0.15) is 66.0 Å². The average Bonchev–Trinajstić information content (AvgIpc) is 3.49. The van der Waals surface area contributed by atoms with Crippen LogP contribution in [0.15, 0.2) is 24.4 Å². The first kappa shape index (κ1) is 31.6. The van der Waals surface area contributed by atoms with Crippen LogP contribution in [0.2, 0.25) is 18.1 Å². The van der Waals surface area contributed by atoms with Crippen LogP contribution in [-0.2, 0) is 26.1 Å². The van der Waals surface area contributed by atoms with Gasteiger partial charge in [0.1, 0.15) is 17.1 Å². The second kappa shape index (κ2) is 12.9. The van der Waals surface area contributed by atoms with Gasteiger partial charge in [-0.2, -0.15) is 28.5 Å². The Morgan fingerprint density at radius 2 is 1.98 bits per heavy atom. The fourth-order valence-corrected chi connectivity index (χ4v) is 6.52. The largest absolute Gasteiger partial charge is 0.543 e. The van der Waals surface area contributed by atoms with Crippen molar-refractivity contribution in [3.8, 4) is 17.1 Å². The van der Waals surface area contributed by atoms with Crippen molar-refractivity contribution >= 4 is 29.3 Å². The molecule has 3 aromatic rings. The Morgan fingerprint density at radius 1 is 1.20 bits per heavy atom. The van der Waals surface area contributed by atoms with Crippen LogP contribution in [0.5, 0.6) is 5.75 Å². The monoisotopic (exact) mass is 607 g/mol. The van der Waals surface area contributed by atoms with Crippen LogP contribution in [0, 0.1) is 5.92 Å². The standard InChI is InChI=1S/C28H45N5O6SSi/c1-21(20-40(34,35)36)13-17-37-15-9-14-32-29-19-24(30-32)27-23-18-22(39-41(5,6)28(2,3)4)11-12-25(23)33(31-27)26-10-7-8-16-38-26/h11-12,18-19,21,26H,7-10,13-17,20H2,1-6H3,(H,34,35,36)/t21-,26?/m1/s1. The van der Waals surface area contributed by atoms with Gasteiger partial charge < -0.3 is 13.9 Å². The zero-order valence-electron chi connectivity index (χ0n) is 25.2. The van der Waals surface area contributed by atoms with Crippen LogP contribution in [0.4, 0.5) is 0 Å². The molecule has 4 rings (SSSR count). The number of rotatable bonds is 13. The predicted octanol–water partition coefficient (Wildman–Crippen LogP) is 5.70. The third kappa shape index (κ3) is 8.37. The Kier molecular flexibility index (Phi) is 9.95. The van der Waals surface area contributed by atoms with E-state index in [1.54, 1.807) is 17.9 Å². The summed E-state index contributed by atoms with van der Waals surface area (Å²) in [6, 6.07) is 6.19. The van der Waals surface area contributed by atoms with E-state index < -0.39 is 18.4 Å². The molecule has 0 saturated carbocycles. The van der Waals surface area contributed by atoms with Gasteiger partial charge in [-0.05, 0) is 74.4 Å². The molecule has 228 valence electrons. The maximum absolute atomic E-state index is 11.0. The number of aromatic nitrogens is 5. The quantitative estimate of drug-likeness (QED) is 0.148. The summed E-state index contributed by atoms with van der Waals surface area (Å²) < 4.78 is 51.3. The fraction of sp³-hybridized carbons (Fsp3) is 0.679. The molecule has 11 nitrogen and oxygen atoms in total. The van der Waals surface area contributed by atoms with Crippen LogP contribution in [0.3, 0.4) is 0 Å². The molecular weight excluding hydrogens is 562 g/mol. The van der Waals surface area contributed by atoms with Crippen molar-refractivity contribution in [1.82, 2.24) is 24.8 Å². The number of hydrogen-bond donors (Lipinski definition) is 1. The minimum Gasteiger partial charge on any atom is -0.543 e. The summed E-state index contributed by atoms with van der Waals surface area (Å²) in [5.41, 5.74) is 2.43. The molecule has 0 radical (unpaired) electrons. The van der Waals surface area contributed by atoms with Crippen molar-refractivity contribution in [2.45, 2.75) is 90.7 Å². The SMILES string of the molecule is C[C@H](CCOCCCn1ncc(-c2nn(C3CCCCO3)c3ccc(O[Si](C)(C)C(C)(C)C)cc23)n1)CS(=O)(=O)O. The van der Waals surface area contributed by atoms with Gasteiger partial charge in [0.25, 0.3) is 10.1 Å². The average molecular weight is 608 g/mol. The van der Waals surface area contributed by atoms with Gasteiger partial charge in [0, 0.05) is 25.2 Å². The summed E-state index contributed by atoms with van der Waals surface area (Å²) >= 11 is 0. The molecule has 1 aromatic carbocycles. The second-order valence-electron chi connectivity index (χ2n) is 12.6. The number of aryl methyl sites for hydroxylation is 1. The van der Waals surface area contributed by atoms with E-state index in [2.05, 4.69) is 51.1 Å². The Bertz CT molecular complexity index is 1410. The highest BCUT2D eigenvalue weighted by atomic mass is 32.2. The molecule has 1 fully saturated rings. The summed E-state index contributed by atoms with van der Waals surface area (Å²) in [7, 11) is -5.98. The van der Waals surface area contributed by atoms with Crippen molar-refractivity contribution in [2.24, 2.45) is 5.92 Å². The van der Waals surface area contributed by atoms with E-state index in [0.717, 1.165) is 48.2 Å². The van der Waals surface area contributed by atoms with Crippen molar-refractivity contribution in [2.75, 3.05) is 25.6 Å². The molecule has 1 aliphatic heterocycles. The zero-order chi connectivity index (χ0) is 29.8. The molecule has 0 spiro atoms. The molecule has 0 aliphatic carbocycles. The molecule has 0 amide bonds. The molecule has 1 N–H and O–H groups in total. The fourth-order valence-electron chi connectivity index (χ4n) is 4.61. The summed E-state index contributed by atoms with van der Waals surface area (Å²) in [6.07, 6.45) is 5.98. The minimum atomic E-state index is -3.96. The minimum absolute atomic E-state index is 0.0790. The first-order valence-corrected chi connectivity index (χ1v) is 19.0. The van der Waals surface area contributed by atoms with Gasteiger partial charge in [0.05, 0.1) is 24.0 Å². The molecule has 1 aliphatic rings. The number of ether oxygens (including phenoxy) is 2. The first-order valence-electron chi connectivity index (χ1n) is 14.5. The Hall–Kier alpha value is -2.32. The molecule has 0 bridgehead atoms. The Labute approximate surface area is 244 Å². The molecule has 2 aromatic heterocycles. The number of fused-ring (bicyclic) bond motifs is 1. The number of nitrogens with zero attached hydrogens (tertiary/aromatic N) is 5. The maximum atomic E-state index is 11.0. The lowest BCUT2D eigenvalue weighted by Gasteiger charge is -2.36. The van der Waals surface area contributed by atoms with Crippen LogP contribution in [0.25, 0.3) is 22.3 Å². The van der Waals surface area contributed by atoms with Crippen LogP contribution in [-0.4, -0.2) is 71.6 Å². The molecule has 3 heterocycles. The summed E-state index contributed by atoms with van der Waals surface area (Å²) in [4.78, 5) is 1.65. The van der Waals surface area contributed by atoms with Gasteiger partial charge in [0.2, 0.25) is 8.32 Å². The van der Waals surface area contributed by atoms with E-state index in [4.69, 9.17) is 28.6 Å². The van der Waals surface area contributed by atoms with E-state index in [0.29, 0.717) is 38.3 Å². The van der Waals surface area contributed by atoms with E-state index in [-0.39, 0.29) is 22.9 Å². The number of hydrogen-bond acceptors (Lipinski definition) is 8. The Morgan fingerprint density at radius 3 is 2.66 bits per heavy atom. The van der Waals surface area contributed by atoms with Crippen molar-refractivity contribution in [3.05, 3.63) is 24.4 Å². The third-order valence-corrected chi connectivity index (χ3v) is 13.3. The van der Waals surface area contributed by atoms with Crippen LogP contribution >= 0.6 is 0 Å². The number of benzene rings is 1. The van der Waals surface area contributed by atoms with E-state index >= 15 is 0 Å².